The Balaban J connectivity index is 2.90. The third-order valence-electron chi connectivity index (χ3n) is 0.893. The van der Waals surface area contributed by atoms with Crippen LogP contribution in [0.5, 0.6) is 0 Å². The van der Waals surface area contributed by atoms with E-state index in [0.717, 1.165) is 19.1 Å². The van der Waals surface area contributed by atoms with Crippen molar-refractivity contribution >= 4 is 6.29 Å². The molecule has 0 aromatic rings. The number of hydrogen-bond acceptors (Lipinski definition) is 2. The van der Waals surface area contributed by atoms with E-state index in [1.165, 1.54) is 0 Å². The van der Waals surface area contributed by atoms with Gasteiger partial charge in [0.25, 0.3) is 0 Å². The van der Waals surface area contributed by atoms with Gasteiger partial charge in [0, 0.05) is 17.9 Å². The molecular weight excluding hydrogens is 118 g/mol. The maximum absolute atomic E-state index is 9.73. The van der Waals surface area contributed by atoms with Gasteiger partial charge in [0.15, 0.2) is 0 Å². The summed E-state index contributed by atoms with van der Waals surface area (Å²) in [5.74, 6) is 0. The fourth-order valence-electron chi connectivity index (χ4n) is 0.455. The lowest BCUT2D eigenvalue weighted by molar-refractivity contribution is -0.107. The summed E-state index contributed by atoms with van der Waals surface area (Å²) in [4.78, 5) is 12.3. The molecule has 0 radical (unpaired) electrons. The lowest BCUT2D eigenvalue weighted by Gasteiger charge is -1.86. The molecule has 0 aliphatic heterocycles. The van der Waals surface area contributed by atoms with Gasteiger partial charge in [-0.1, -0.05) is 5.11 Å². The summed E-state index contributed by atoms with van der Waals surface area (Å²) in [5, 5.41) is 3.31. The summed E-state index contributed by atoms with van der Waals surface area (Å²) < 4.78 is 0. The highest BCUT2D eigenvalue weighted by molar-refractivity contribution is 5.48. The third-order valence-corrected chi connectivity index (χ3v) is 0.893. The van der Waals surface area contributed by atoms with Crippen LogP contribution in [0.3, 0.4) is 0 Å². The molecule has 0 saturated heterocycles. The van der Waals surface area contributed by atoms with Crippen LogP contribution in [-0.2, 0) is 4.79 Å². The fourth-order valence-corrected chi connectivity index (χ4v) is 0.455. The minimum Gasteiger partial charge on any atom is -0.303 e. The highest BCUT2D eigenvalue weighted by Gasteiger charge is 1.83. The van der Waals surface area contributed by atoms with Crippen LogP contribution in [0, 0.1) is 0 Å². The zero-order valence-electron chi connectivity index (χ0n) is 5.16. The Labute approximate surface area is 53.5 Å². The Morgan fingerprint density at radius 2 is 2.33 bits per heavy atom. The second-order valence-corrected chi connectivity index (χ2v) is 1.62. The maximum atomic E-state index is 9.73. The van der Waals surface area contributed by atoms with Gasteiger partial charge < -0.3 is 4.79 Å². The summed E-state index contributed by atoms with van der Waals surface area (Å²) in [7, 11) is 0. The van der Waals surface area contributed by atoms with Crippen LogP contribution in [0.25, 0.3) is 10.4 Å². The van der Waals surface area contributed by atoms with Crippen molar-refractivity contribution in [2.75, 3.05) is 6.54 Å². The number of hydrogen-bond donors (Lipinski definition) is 0. The zero-order chi connectivity index (χ0) is 6.95. The number of nitrogens with zero attached hydrogens (tertiary/aromatic N) is 3. The monoisotopic (exact) mass is 127 g/mol. The van der Waals surface area contributed by atoms with Gasteiger partial charge in [-0.05, 0) is 18.4 Å². The average molecular weight is 127 g/mol. The normalized spacial score (nSPS) is 8.00. The number of azide groups is 1. The van der Waals surface area contributed by atoms with Gasteiger partial charge in [-0.3, -0.25) is 0 Å². The van der Waals surface area contributed by atoms with Gasteiger partial charge in [0.05, 0.1) is 0 Å². The van der Waals surface area contributed by atoms with Crippen molar-refractivity contribution < 1.29 is 4.79 Å². The molecule has 0 bridgehead atoms. The Bertz CT molecular complexity index is 117. The van der Waals surface area contributed by atoms with Crippen molar-refractivity contribution in [1.29, 1.82) is 0 Å². The zero-order valence-corrected chi connectivity index (χ0v) is 5.16. The third kappa shape index (κ3) is 6.98. The number of carbonyl (C=O) groups excluding carboxylic acids is 1. The van der Waals surface area contributed by atoms with Crippen molar-refractivity contribution in [1.82, 2.24) is 0 Å². The summed E-state index contributed by atoms with van der Waals surface area (Å²) >= 11 is 0. The first kappa shape index (κ1) is 7.98. The van der Waals surface area contributed by atoms with E-state index < -0.39 is 0 Å². The highest BCUT2D eigenvalue weighted by Crippen LogP contribution is 1.91. The van der Waals surface area contributed by atoms with E-state index in [2.05, 4.69) is 10.0 Å². The van der Waals surface area contributed by atoms with E-state index in [0.29, 0.717) is 13.0 Å². The van der Waals surface area contributed by atoms with E-state index >= 15 is 0 Å². The SMILES string of the molecule is [N-]=[N+]=NCCCCC=O. The topological polar surface area (TPSA) is 65.8 Å². The smallest absolute Gasteiger partial charge is 0.119 e. The molecule has 0 amide bonds. The predicted octanol–water partition coefficient (Wildman–Crippen LogP) is 1.67. The quantitative estimate of drug-likeness (QED) is 0.182. The van der Waals surface area contributed by atoms with Crippen molar-refractivity contribution in [3.8, 4) is 0 Å². The van der Waals surface area contributed by atoms with Gasteiger partial charge in [0.2, 0.25) is 0 Å². The molecule has 0 saturated carbocycles. The summed E-state index contributed by atoms with van der Waals surface area (Å²) in [6.07, 6.45) is 3.07. The van der Waals surface area contributed by atoms with Crippen LogP contribution >= 0.6 is 0 Å². The molecule has 0 N–H and O–H groups in total. The number of rotatable bonds is 5. The first-order valence-corrected chi connectivity index (χ1v) is 2.86. The molecule has 0 aromatic heterocycles. The van der Waals surface area contributed by atoms with Gasteiger partial charge in [-0.2, -0.15) is 0 Å². The molecule has 50 valence electrons. The second-order valence-electron chi connectivity index (χ2n) is 1.62. The fraction of sp³-hybridized carbons (Fsp3) is 0.800. The van der Waals surface area contributed by atoms with Crippen LogP contribution in [0.2, 0.25) is 0 Å². The van der Waals surface area contributed by atoms with Gasteiger partial charge in [-0.25, -0.2) is 0 Å². The second kappa shape index (κ2) is 6.98. The molecule has 0 aromatic carbocycles. The molecule has 0 heterocycles. The van der Waals surface area contributed by atoms with Crippen LogP contribution < -0.4 is 0 Å². The van der Waals surface area contributed by atoms with E-state index in [-0.39, 0.29) is 0 Å². The number of unbranched alkanes of at least 4 members (excludes halogenated alkanes) is 2. The van der Waals surface area contributed by atoms with Crippen LogP contribution in [0.4, 0.5) is 0 Å². The van der Waals surface area contributed by atoms with Crippen molar-refractivity contribution in [3.63, 3.8) is 0 Å². The molecule has 4 heteroatoms. The summed E-state index contributed by atoms with van der Waals surface area (Å²) in [5.41, 5.74) is 7.81. The van der Waals surface area contributed by atoms with E-state index in [4.69, 9.17) is 5.53 Å². The standard InChI is InChI=1S/C5H9N3O/c6-8-7-4-2-1-3-5-9/h5H,1-4H2. The van der Waals surface area contributed by atoms with Gasteiger partial charge in [0.1, 0.15) is 6.29 Å². The highest BCUT2D eigenvalue weighted by atomic mass is 16.1. The molecule has 0 rings (SSSR count). The molecular formula is C5H9N3O. The Morgan fingerprint density at radius 1 is 1.56 bits per heavy atom. The van der Waals surface area contributed by atoms with Gasteiger partial charge >= 0.3 is 0 Å². The molecule has 0 atom stereocenters. The number of aldehydes is 1. The largest absolute Gasteiger partial charge is 0.303 e. The van der Waals surface area contributed by atoms with Gasteiger partial charge in [-0.15, -0.1) is 0 Å². The van der Waals surface area contributed by atoms with E-state index in [1.54, 1.807) is 0 Å². The first-order valence-electron chi connectivity index (χ1n) is 2.86. The van der Waals surface area contributed by atoms with Crippen LogP contribution in [0.1, 0.15) is 19.3 Å². The van der Waals surface area contributed by atoms with Crippen molar-refractivity contribution in [3.05, 3.63) is 10.4 Å². The molecule has 0 unspecified atom stereocenters. The Morgan fingerprint density at radius 3 is 2.89 bits per heavy atom. The molecule has 0 aliphatic rings. The molecule has 0 spiro atoms. The summed E-state index contributed by atoms with van der Waals surface area (Å²) in [6, 6.07) is 0. The molecule has 4 nitrogen and oxygen atoms in total. The van der Waals surface area contributed by atoms with E-state index in [1.807, 2.05) is 0 Å². The van der Waals surface area contributed by atoms with E-state index in [9.17, 15) is 4.79 Å². The molecule has 0 aliphatic carbocycles. The number of carbonyl (C=O) groups is 1. The van der Waals surface area contributed by atoms with Crippen LogP contribution in [-0.4, -0.2) is 12.8 Å². The lowest BCUT2D eigenvalue weighted by atomic mass is 10.2. The van der Waals surface area contributed by atoms with Crippen LogP contribution in [0.15, 0.2) is 5.11 Å². The molecule has 0 fully saturated rings. The van der Waals surface area contributed by atoms with Crippen molar-refractivity contribution in [2.45, 2.75) is 19.3 Å². The first-order chi connectivity index (χ1) is 4.41. The lowest BCUT2D eigenvalue weighted by Crippen LogP contribution is -1.80. The minimum absolute atomic E-state index is 0.504. The minimum atomic E-state index is 0.504. The molecule has 9 heavy (non-hydrogen) atoms. The Hall–Kier alpha value is -1.02. The Kier molecular flexibility index (Phi) is 6.19. The summed E-state index contributed by atoms with van der Waals surface area (Å²) in [6.45, 7) is 0.504. The maximum Gasteiger partial charge on any atom is 0.119 e. The van der Waals surface area contributed by atoms with Crippen molar-refractivity contribution in [2.24, 2.45) is 5.11 Å². The predicted molar refractivity (Wildman–Crippen MR) is 33.9 cm³/mol. The average Bonchev–Trinajstić information content (AvgIpc) is 1.89.